The van der Waals surface area contributed by atoms with Gasteiger partial charge in [0.25, 0.3) is 0 Å². The Kier molecular flexibility index (Phi) is 5.32. The molecule has 1 amide bonds. The number of amides is 1. The number of hydrogen-bond acceptors (Lipinski definition) is 5. The molecule has 2 heterocycles. The first-order valence-electron chi connectivity index (χ1n) is 8.00. The van der Waals surface area contributed by atoms with Crippen molar-refractivity contribution < 1.29 is 9.18 Å². The molecule has 0 saturated carbocycles. The number of nitrogens with zero attached hydrogens (tertiary/aromatic N) is 4. The van der Waals surface area contributed by atoms with Crippen molar-refractivity contribution in [2.45, 2.75) is 0 Å². The summed E-state index contributed by atoms with van der Waals surface area (Å²) in [4.78, 5) is 23.5. The van der Waals surface area contributed by atoms with Crippen molar-refractivity contribution in [2.75, 3.05) is 44.2 Å². The first kappa shape index (κ1) is 16.3. The summed E-state index contributed by atoms with van der Waals surface area (Å²) < 4.78 is 14.1. The number of hydrogen-bond donors (Lipinski definition) is 1. The van der Waals surface area contributed by atoms with Crippen molar-refractivity contribution in [3.05, 3.63) is 42.5 Å². The van der Waals surface area contributed by atoms with Gasteiger partial charge in [0.15, 0.2) is 5.82 Å². The van der Waals surface area contributed by atoms with Crippen LogP contribution in [0.25, 0.3) is 11.3 Å². The second-order valence-electron chi connectivity index (χ2n) is 5.61. The molecule has 3 rings (SSSR count). The number of piperazine rings is 1. The van der Waals surface area contributed by atoms with Crippen LogP contribution in [0.2, 0.25) is 0 Å². The van der Waals surface area contributed by atoms with Gasteiger partial charge in [-0.15, -0.1) is 0 Å². The Balaban J connectivity index is 1.73. The second kappa shape index (κ2) is 7.83. The highest BCUT2D eigenvalue weighted by Crippen LogP contribution is 2.29. The zero-order chi connectivity index (χ0) is 16.8. The van der Waals surface area contributed by atoms with Crippen LogP contribution < -0.4 is 10.2 Å². The third kappa shape index (κ3) is 3.68. The van der Waals surface area contributed by atoms with Gasteiger partial charge in [-0.05, 0) is 12.1 Å². The van der Waals surface area contributed by atoms with Gasteiger partial charge in [0, 0.05) is 57.2 Å². The van der Waals surface area contributed by atoms with E-state index in [1.165, 1.54) is 6.07 Å². The van der Waals surface area contributed by atoms with Gasteiger partial charge in [0.2, 0.25) is 6.41 Å². The molecule has 1 aromatic carbocycles. The van der Waals surface area contributed by atoms with Gasteiger partial charge in [0.1, 0.15) is 11.5 Å². The Morgan fingerprint density at radius 1 is 1.12 bits per heavy atom. The van der Waals surface area contributed by atoms with Crippen LogP contribution in [-0.2, 0) is 4.79 Å². The minimum absolute atomic E-state index is 0.294. The summed E-state index contributed by atoms with van der Waals surface area (Å²) in [6.07, 6.45) is 3.95. The van der Waals surface area contributed by atoms with E-state index in [1.54, 1.807) is 30.6 Å². The number of carbonyl (C=O) groups excluding carboxylic acids is 1. The molecule has 2 aromatic rings. The normalized spacial score (nSPS) is 15.3. The Morgan fingerprint density at radius 2 is 1.88 bits per heavy atom. The monoisotopic (exact) mass is 329 g/mol. The average molecular weight is 329 g/mol. The highest BCUT2D eigenvalue weighted by molar-refractivity contribution is 5.72. The van der Waals surface area contributed by atoms with Gasteiger partial charge in [-0.3, -0.25) is 14.7 Å². The quantitative estimate of drug-likeness (QED) is 0.636. The average Bonchev–Trinajstić information content (AvgIpc) is 2.63. The van der Waals surface area contributed by atoms with Gasteiger partial charge in [-0.2, -0.15) is 0 Å². The molecule has 7 heteroatoms. The molecule has 1 saturated heterocycles. The van der Waals surface area contributed by atoms with Crippen molar-refractivity contribution >= 4 is 12.2 Å². The molecule has 1 aromatic heterocycles. The number of nitrogens with one attached hydrogen (secondary N) is 1. The predicted molar refractivity (Wildman–Crippen MR) is 90.1 cm³/mol. The number of carbonyl (C=O) groups is 1. The fraction of sp³-hybridized carbons (Fsp3) is 0.353. The SMILES string of the molecule is O=CNCCN1CCN(c2nccnc2-c2ccccc2F)CC1. The van der Waals surface area contributed by atoms with Crippen LogP contribution in [-0.4, -0.2) is 60.5 Å². The highest BCUT2D eigenvalue weighted by Gasteiger charge is 2.22. The van der Waals surface area contributed by atoms with E-state index in [1.807, 2.05) is 0 Å². The molecule has 1 aliphatic rings. The second-order valence-corrected chi connectivity index (χ2v) is 5.61. The highest BCUT2D eigenvalue weighted by atomic mass is 19.1. The van der Waals surface area contributed by atoms with Crippen LogP contribution in [0, 0.1) is 5.82 Å². The summed E-state index contributed by atoms with van der Waals surface area (Å²) >= 11 is 0. The summed E-state index contributed by atoms with van der Waals surface area (Å²) in [6.45, 7) is 4.80. The van der Waals surface area contributed by atoms with Gasteiger partial charge < -0.3 is 10.2 Å². The maximum atomic E-state index is 14.1. The van der Waals surface area contributed by atoms with Crippen molar-refractivity contribution in [2.24, 2.45) is 0 Å². The Morgan fingerprint density at radius 3 is 2.62 bits per heavy atom. The molecular formula is C17H20FN5O. The molecule has 0 aliphatic carbocycles. The Bertz CT molecular complexity index is 688. The molecule has 126 valence electrons. The van der Waals surface area contributed by atoms with E-state index in [0.29, 0.717) is 23.6 Å². The first-order chi connectivity index (χ1) is 11.8. The maximum Gasteiger partial charge on any atom is 0.207 e. The third-order valence-electron chi connectivity index (χ3n) is 4.14. The fourth-order valence-electron chi connectivity index (χ4n) is 2.87. The van der Waals surface area contributed by atoms with Crippen molar-refractivity contribution in [1.29, 1.82) is 0 Å². The standard InChI is InChI=1S/C17H20FN5O/c18-15-4-2-1-3-14(15)16-17(21-6-5-20-16)23-11-9-22(10-12-23)8-7-19-13-24/h1-6,13H,7-12H2,(H,19,24). The number of benzene rings is 1. The summed E-state index contributed by atoms with van der Waals surface area (Å²) in [7, 11) is 0. The van der Waals surface area contributed by atoms with Crippen molar-refractivity contribution in [3.8, 4) is 11.3 Å². The van der Waals surface area contributed by atoms with E-state index < -0.39 is 0 Å². The molecule has 24 heavy (non-hydrogen) atoms. The Labute approximate surface area is 140 Å². The van der Waals surface area contributed by atoms with Crippen molar-refractivity contribution in [3.63, 3.8) is 0 Å². The molecule has 0 radical (unpaired) electrons. The number of halogens is 1. The van der Waals surface area contributed by atoms with Gasteiger partial charge in [0.05, 0.1) is 0 Å². The fourth-order valence-corrected chi connectivity index (χ4v) is 2.87. The van der Waals surface area contributed by atoms with Crippen LogP contribution in [0.4, 0.5) is 10.2 Å². The summed E-state index contributed by atoms with van der Waals surface area (Å²) in [5.41, 5.74) is 1.05. The van der Waals surface area contributed by atoms with E-state index in [0.717, 1.165) is 39.1 Å². The lowest BCUT2D eigenvalue weighted by Crippen LogP contribution is -2.48. The lowest BCUT2D eigenvalue weighted by Gasteiger charge is -2.35. The number of rotatable bonds is 6. The summed E-state index contributed by atoms with van der Waals surface area (Å²) in [6, 6.07) is 6.63. The smallest absolute Gasteiger partial charge is 0.207 e. The lowest BCUT2D eigenvalue weighted by atomic mass is 10.1. The van der Waals surface area contributed by atoms with Crippen LogP contribution in [0.15, 0.2) is 36.7 Å². The van der Waals surface area contributed by atoms with Crippen LogP contribution in [0.1, 0.15) is 0 Å². The van der Waals surface area contributed by atoms with E-state index in [2.05, 4.69) is 25.1 Å². The first-order valence-corrected chi connectivity index (χ1v) is 8.00. The van der Waals surface area contributed by atoms with E-state index in [-0.39, 0.29) is 5.82 Å². The number of aromatic nitrogens is 2. The topological polar surface area (TPSA) is 61.4 Å². The third-order valence-corrected chi connectivity index (χ3v) is 4.14. The van der Waals surface area contributed by atoms with Gasteiger partial charge in [-0.25, -0.2) is 9.37 Å². The van der Waals surface area contributed by atoms with Gasteiger partial charge in [-0.1, -0.05) is 12.1 Å². The van der Waals surface area contributed by atoms with E-state index in [4.69, 9.17) is 0 Å². The summed E-state index contributed by atoms with van der Waals surface area (Å²) in [5, 5.41) is 2.68. The van der Waals surface area contributed by atoms with Crippen molar-refractivity contribution in [1.82, 2.24) is 20.2 Å². The largest absolute Gasteiger partial charge is 0.357 e. The van der Waals surface area contributed by atoms with E-state index in [9.17, 15) is 9.18 Å². The molecule has 0 atom stereocenters. The number of anilines is 1. The molecular weight excluding hydrogens is 309 g/mol. The van der Waals surface area contributed by atoms with E-state index >= 15 is 0 Å². The molecule has 0 bridgehead atoms. The molecule has 1 N–H and O–H groups in total. The van der Waals surface area contributed by atoms with Gasteiger partial charge >= 0.3 is 0 Å². The minimum Gasteiger partial charge on any atom is -0.357 e. The zero-order valence-electron chi connectivity index (χ0n) is 13.4. The molecule has 0 unspecified atom stereocenters. The summed E-state index contributed by atoms with van der Waals surface area (Å²) in [5.74, 6) is 0.422. The maximum absolute atomic E-state index is 14.1. The minimum atomic E-state index is -0.294. The molecule has 0 spiro atoms. The zero-order valence-corrected chi connectivity index (χ0v) is 13.4. The van der Waals surface area contributed by atoms with Crippen LogP contribution in [0.3, 0.4) is 0 Å². The van der Waals surface area contributed by atoms with Crippen LogP contribution in [0.5, 0.6) is 0 Å². The predicted octanol–water partition coefficient (Wildman–Crippen LogP) is 1.15. The molecule has 1 aliphatic heterocycles. The van der Waals surface area contributed by atoms with Crippen LogP contribution >= 0.6 is 0 Å². The Hall–Kier alpha value is -2.54. The lowest BCUT2D eigenvalue weighted by molar-refractivity contribution is -0.109. The molecule has 6 nitrogen and oxygen atoms in total. The molecule has 1 fully saturated rings.